The first-order chi connectivity index (χ1) is 16.7. The van der Waals surface area contributed by atoms with Gasteiger partial charge in [-0.1, -0.05) is 36.4 Å². The highest BCUT2D eigenvalue weighted by Crippen LogP contribution is 2.32. The van der Waals surface area contributed by atoms with Gasteiger partial charge in [0, 0.05) is 35.2 Å². The Morgan fingerprint density at radius 2 is 1.66 bits per heavy atom. The van der Waals surface area contributed by atoms with Gasteiger partial charge in [-0.25, -0.2) is 0 Å². The van der Waals surface area contributed by atoms with Crippen molar-refractivity contribution in [2.24, 2.45) is 5.92 Å². The molecule has 0 radical (unpaired) electrons. The van der Waals surface area contributed by atoms with Crippen molar-refractivity contribution in [1.29, 1.82) is 0 Å². The Labute approximate surface area is 209 Å². The molecule has 1 amide bonds. The second-order valence-electron chi connectivity index (χ2n) is 10.5. The number of Topliss-reactive ketones (excluding diaryl/α,β-unsaturated/α-hetero) is 1. The highest BCUT2D eigenvalue weighted by Gasteiger charge is 2.33. The fourth-order valence-electron chi connectivity index (χ4n) is 5.32. The van der Waals surface area contributed by atoms with Crippen molar-refractivity contribution in [1.82, 2.24) is 4.90 Å². The van der Waals surface area contributed by atoms with E-state index in [1.54, 1.807) is 0 Å². The first-order valence-corrected chi connectivity index (χ1v) is 12.7. The number of carbonyl (C=O) groups is 2. The summed E-state index contributed by atoms with van der Waals surface area (Å²) in [5.41, 5.74) is 7.19. The predicted molar refractivity (Wildman–Crippen MR) is 140 cm³/mol. The van der Waals surface area contributed by atoms with Crippen LogP contribution in [0.2, 0.25) is 0 Å². The minimum Gasteiger partial charge on any atom is -0.334 e. The lowest BCUT2D eigenvalue weighted by atomic mass is 9.93. The molecule has 1 heterocycles. The van der Waals surface area contributed by atoms with Crippen LogP contribution < -0.4 is 4.57 Å². The van der Waals surface area contributed by atoms with E-state index in [9.17, 15) is 9.59 Å². The Morgan fingerprint density at radius 3 is 2.31 bits per heavy atom. The minimum absolute atomic E-state index is 0.0297. The third-order valence-corrected chi connectivity index (χ3v) is 7.18. The average Bonchev–Trinajstić information content (AvgIpc) is 3.09. The molecule has 1 unspecified atom stereocenters. The molecule has 1 aromatic heterocycles. The number of aryl methyl sites for hydroxylation is 2. The third kappa shape index (κ3) is 5.22. The fourth-order valence-corrected chi connectivity index (χ4v) is 5.32. The summed E-state index contributed by atoms with van der Waals surface area (Å²) in [5, 5.41) is 0. The molecule has 4 rings (SSSR count). The summed E-state index contributed by atoms with van der Waals surface area (Å²) in [5.74, 6) is 0.100. The Morgan fingerprint density at radius 1 is 1.00 bits per heavy atom. The maximum absolute atomic E-state index is 13.8. The zero-order valence-electron chi connectivity index (χ0n) is 21.8. The molecule has 0 bridgehead atoms. The molecule has 3 aromatic rings. The Bertz CT molecular complexity index is 1240. The number of pyridine rings is 1. The topological polar surface area (TPSA) is 41.3 Å². The van der Waals surface area contributed by atoms with Gasteiger partial charge in [0.25, 0.3) is 5.91 Å². The van der Waals surface area contributed by atoms with Crippen molar-refractivity contribution in [2.75, 3.05) is 0 Å². The number of benzene rings is 2. The van der Waals surface area contributed by atoms with Gasteiger partial charge in [0.1, 0.15) is 5.56 Å². The smallest absolute Gasteiger partial charge is 0.260 e. The van der Waals surface area contributed by atoms with Gasteiger partial charge in [0.2, 0.25) is 0 Å². The molecule has 182 valence electrons. The summed E-state index contributed by atoms with van der Waals surface area (Å²) >= 11 is 0. The van der Waals surface area contributed by atoms with Crippen LogP contribution in [0.3, 0.4) is 0 Å². The minimum atomic E-state index is -0.130. The van der Waals surface area contributed by atoms with Crippen molar-refractivity contribution in [3.63, 3.8) is 0 Å². The van der Waals surface area contributed by atoms with E-state index >= 15 is 0 Å². The SMILES string of the molecule is Cc1cc2c(cc1C)C(=O)C(Cc1cc[n+](Cc3ccccc3)cc1C(=O)N(C(C)C)C(C)C)C2. The average molecular weight is 470 g/mol. The van der Waals surface area contributed by atoms with Gasteiger partial charge in [-0.2, -0.15) is 4.57 Å². The first kappa shape index (κ1) is 24.8. The zero-order chi connectivity index (χ0) is 25.3. The highest BCUT2D eigenvalue weighted by atomic mass is 16.2. The molecule has 0 aliphatic heterocycles. The van der Waals surface area contributed by atoms with Crippen molar-refractivity contribution in [3.8, 4) is 0 Å². The molecule has 1 aliphatic carbocycles. The van der Waals surface area contributed by atoms with Gasteiger partial charge in [-0.05, 0) is 82.7 Å². The summed E-state index contributed by atoms with van der Waals surface area (Å²) in [4.78, 5) is 29.1. The van der Waals surface area contributed by atoms with Gasteiger partial charge < -0.3 is 4.90 Å². The highest BCUT2D eigenvalue weighted by molar-refractivity contribution is 6.03. The number of fused-ring (bicyclic) bond motifs is 1. The van der Waals surface area contributed by atoms with Gasteiger partial charge in [-0.15, -0.1) is 0 Å². The lowest BCUT2D eigenvalue weighted by molar-refractivity contribution is -0.688. The largest absolute Gasteiger partial charge is 0.334 e. The molecule has 0 N–H and O–H groups in total. The molecular formula is C31H37N2O2+. The number of hydrogen-bond acceptors (Lipinski definition) is 2. The summed E-state index contributed by atoms with van der Waals surface area (Å²) in [6.45, 7) is 13.1. The van der Waals surface area contributed by atoms with E-state index in [2.05, 4.69) is 64.3 Å². The fraction of sp³-hybridized carbons (Fsp3) is 0.387. The van der Waals surface area contributed by atoms with E-state index in [0.29, 0.717) is 18.5 Å². The Balaban J connectivity index is 1.69. The monoisotopic (exact) mass is 469 g/mol. The number of rotatable bonds is 7. The molecule has 4 heteroatoms. The first-order valence-electron chi connectivity index (χ1n) is 12.7. The van der Waals surface area contributed by atoms with Gasteiger partial charge in [0.15, 0.2) is 24.7 Å². The van der Waals surface area contributed by atoms with Crippen molar-refractivity contribution < 1.29 is 14.2 Å². The molecule has 0 saturated heterocycles. The number of ketones is 1. The number of aromatic nitrogens is 1. The lowest BCUT2D eigenvalue weighted by Gasteiger charge is -2.31. The van der Waals surface area contributed by atoms with Crippen molar-refractivity contribution in [2.45, 2.75) is 73.0 Å². The second-order valence-corrected chi connectivity index (χ2v) is 10.5. The predicted octanol–water partition coefficient (Wildman–Crippen LogP) is 5.50. The summed E-state index contributed by atoms with van der Waals surface area (Å²) in [6, 6.07) is 16.7. The molecule has 35 heavy (non-hydrogen) atoms. The second kappa shape index (κ2) is 10.2. The maximum Gasteiger partial charge on any atom is 0.260 e. The number of hydrogen-bond donors (Lipinski definition) is 0. The van der Waals surface area contributed by atoms with Crippen LogP contribution in [0.15, 0.2) is 60.9 Å². The van der Waals surface area contributed by atoms with E-state index in [4.69, 9.17) is 0 Å². The lowest BCUT2D eigenvalue weighted by Crippen LogP contribution is -2.44. The van der Waals surface area contributed by atoms with Gasteiger partial charge >= 0.3 is 0 Å². The van der Waals surface area contributed by atoms with E-state index in [0.717, 1.165) is 28.7 Å². The van der Waals surface area contributed by atoms with Crippen LogP contribution in [-0.4, -0.2) is 28.7 Å². The number of carbonyl (C=O) groups excluding carboxylic acids is 2. The quantitative estimate of drug-likeness (QED) is 0.429. The standard InChI is InChI=1S/C31H37N2O2/c1-20(2)33(21(3)4)31(35)29-19-32(18-24-10-8-7-9-11-24)13-12-25(29)16-27-17-26-14-22(5)23(6)15-28(26)30(27)34/h7-15,19-21,27H,16-18H2,1-6H3/q+1. The summed E-state index contributed by atoms with van der Waals surface area (Å²) in [7, 11) is 0. The van der Waals surface area contributed by atoms with Crippen LogP contribution in [0.25, 0.3) is 0 Å². The van der Waals surface area contributed by atoms with E-state index in [1.807, 2.05) is 47.6 Å². The van der Waals surface area contributed by atoms with Gasteiger partial charge in [-0.3, -0.25) is 9.59 Å². The molecule has 0 spiro atoms. The Hall–Kier alpha value is -3.27. The van der Waals surface area contributed by atoms with Crippen LogP contribution in [-0.2, 0) is 19.4 Å². The van der Waals surface area contributed by atoms with Crippen molar-refractivity contribution >= 4 is 11.7 Å². The van der Waals surface area contributed by atoms with E-state index in [-0.39, 0.29) is 29.7 Å². The molecule has 0 fully saturated rings. The van der Waals surface area contributed by atoms with Crippen molar-refractivity contribution in [3.05, 3.63) is 99.9 Å². The van der Waals surface area contributed by atoms with Gasteiger partial charge in [0.05, 0.1) is 0 Å². The molecular weight excluding hydrogens is 432 g/mol. The molecule has 2 aromatic carbocycles. The molecule has 0 saturated carbocycles. The number of nitrogens with zero attached hydrogens (tertiary/aromatic N) is 2. The maximum atomic E-state index is 13.8. The van der Waals surface area contributed by atoms with Crippen LogP contribution in [0, 0.1) is 19.8 Å². The molecule has 1 atom stereocenters. The van der Waals surface area contributed by atoms with Crippen LogP contribution >= 0.6 is 0 Å². The van der Waals surface area contributed by atoms with Crippen LogP contribution in [0.1, 0.15) is 76.2 Å². The molecule has 1 aliphatic rings. The Kier molecular flexibility index (Phi) is 7.20. The van der Waals surface area contributed by atoms with Crippen LogP contribution in [0.4, 0.5) is 0 Å². The summed E-state index contributed by atoms with van der Waals surface area (Å²) in [6.07, 6.45) is 5.32. The third-order valence-electron chi connectivity index (χ3n) is 7.18. The van der Waals surface area contributed by atoms with E-state index in [1.165, 1.54) is 11.1 Å². The summed E-state index contributed by atoms with van der Waals surface area (Å²) < 4.78 is 2.07. The van der Waals surface area contributed by atoms with Crippen LogP contribution in [0.5, 0.6) is 0 Å². The van der Waals surface area contributed by atoms with E-state index < -0.39 is 0 Å². The zero-order valence-corrected chi connectivity index (χ0v) is 21.8. The molecule has 4 nitrogen and oxygen atoms in total. The normalized spacial score (nSPS) is 15.1. The number of amides is 1.